The molecule has 1 unspecified atom stereocenters. The Bertz CT molecular complexity index is 509. The molecule has 1 aromatic rings. The van der Waals surface area contributed by atoms with Crippen LogP contribution in [-0.2, 0) is 23.4 Å². The first kappa shape index (κ1) is 19.3. The van der Waals surface area contributed by atoms with Gasteiger partial charge in [0.05, 0.1) is 5.75 Å². The molecule has 0 fully saturated rings. The Morgan fingerprint density at radius 1 is 1.23 bits per heavy atom. The van der Waals surface area contributed by atoms with Gasteiger partial charge in [0.15, 0.2) is 0 Å². The molecule has 0 aliphatic heterocycles. The average Bonchev–Trinajstić information content (AvgIpc) is 3.00. The van der Waals surface area contributed by atoms with Crippen LogP contribution >= 0.6 is 0 Å². The topological polar surface area (TPSA) is 102 Å². The van der Waals surface area contributed by atoms with Crippen molar-refractivity contribution in [2.24, 2.45) is 0 Å². The molecule has 1 heterocycles. The van der Waals surface area contributed by atoms with Crippen LogP contribution < -0.4 is 4.57 Å². The number of nitrogens with zero attached hydrogens (tertiary/aromatic N) is 1. The molecule has 0 radical (unpaired) electrons. The maximum Gasteiger partial charge on any atom is 0.500 e. The Morgan fingerprint density at radius 3 is 2.32 bits per heavy atom. The summed E-state index contributed by atoms with van der Waals surface area (Å²) in [5, 5.41) is 0. The highest BCUT2D eigenvalue weighted by molar-refractivity contribution is 7.85. The van der Waals surface area contributed by atoms with E-state index in [9.17, 15) is 8.42 Å². The highest BCUT2D eigenvalue weighted by atomic mass is 32.2. The van der Waals surface area contributed by atoms with Crippen molar-refractivity contribution in [1.82, 2.24) is 4.98 Å². The van der Waals surface area contributed by atoms with Gasteiger partial charge in [0, 0.05) is 27.4 Å². The van der Waals surface area contributed by atoms with Gasteiger partial charge in [0.1, 0.15) is 18.4 Å². The molecule has 0 amide bonds. The van der Waals surface area contributed by atoms with E-state index in [0.29, 0.717) is 18.9 Å². The van der Waals surface area contributed by atoms with Crippen molar-refractivity contribution in [3.8, 4) is 0 Å². The molecule has 0 aromatic carbocycles. The first-order valence-corrected chi connectivity index (χ1v) is 10.5. The third kappa shape index (κ3) is 6.14. The SMILES string of the molecule is CO[Si](CCC(CCCS(=O)(=O)O)[n+]1cc[nH]c1)(OC)OC. The van der Waals surface area contributed by atoms with Crippen molar-refractivity contribution in [3.63, 3.8) is 0 Å². The lowest BCUT2D eigenvalue weighted by Crippen LogP contribution is -2.45. The number of imidazole rings is 1. The van der Waals surface area contributed by atoms with Gasteiger partial charge in [0.25, 0.3) is 10.1 Å². The van der Waals surface area contributed by atoms with Crippen molar-refractivity contribution >= 4 is 18.9 Å². The zero-order valence-corrected chi connectivity index (χ0v) is 15.0. The van der Waals surface area contributed by atoms with Gasteiger partial charge in [-0.2, -0.15) is 8.42 Å². The number of aromatic nitrogens is 2. The Morgan fingerprint density at radius 2 is 1.86 bits per heavy atom. The Hall–Kier alpha value is -0.783. The highest BCUT2D eigenvalue weighted by Crippen LogP contribution is 2.22. The molecule has 0 saturated carbocycles. The fourth-order valence-corrected chi connectivity index (χ4v) is 4.70. The van der Waals surface area contributed by atoms with Gasteiger partial charge in [-0.1, -0.05) is 0 Å². The largest absolute Gasteiger partial charge is 0.500 e. The van der Waals surface area contributed by atoms with Gasteiger partial charge in [-0.3, -0.25) is 9.54 Å². The van der Waals surface area contributed by atoms with Crippen LogP contribution in [0.5, 0.6) is 0 Å². The van der Waals surface area contributed by atoms with Crippen LogP contribution in [0.15, 0.2) is 18.7 Å². The van der Waals surface area contributed by atoms with Gasteiger partial charge in [0.2, 0.25) is 6.33 Å². The molecular formula is C12H25N2O6SSi+. The lowest BCUT2D eigenvalue weighted by atomic mass is 10.1. The predicted octanol–water partition coefficient (Wildman–Crippen LogP) is 0.780. The number of nitrogens with one attached hydrogen (secondary N) is 1. The molecule has 1 atom stereocenters. The number of aromatic amines is 1. The zero-order chi connectivity index (χ0) is 16.6. The summed E-state index contributed by atoms with van der Waals surface area (Å²) in [5.74, 6) is -0.240. The predicted molar refractivity (Wildman–Crippen MR) is 81.9 cm³/mol. The number of hydrogen-bond acceptors (Lipinski definition) is 5. The molecule has 1 aromatic heterocycles. The van der Waals surface area contributed by atoms with Crippen LogP contribution in [0.2, 0.25) is 6.04 Å². The second-order valence-electron chi connectivity index (χ2n) is 4.97. The molecule has 0 bridgehead atoms. The quantitative estimate of drug-likeness (QED) is 0.346. The van der Waals surface area contributed by atoms with Crippen molar-refractivity contribution < 1.29 is 30.8 Å². The van der Waals surface area contributed by atoms with Gasteiger partial charge >= 0.3 is 8.80 Å². The van der Waals surface area contributed by atoms with E-state index < -0.39 is 18.9 Å². The lowest BCUT2D eigenvalue weighted by Gasteiger charge is -2.25. The maximum absolute atomic E-state index is 10.8. The Balaban J connectivity index is 2.67. The molecule has 22 heavy (non-hydrogen) atoms. The highest BCUT2D eigenvalue weighted by Gasteiger charge is 2.38. The summed E-state index contributed by atoms with van der Waals surface area (Å²) in [6, 6.07) is 0.686. The van der Waals surface area contributed by atoms with E-state index in [2.05, 4.69) is 4.98 Å². The minimum atomic E-state index is -3.93. The standard InChI is InChI=1S/C12H24N2O6SSi/c1-18-22(19-2,20-3)10-6-12(14-8-7-13-11-14)5-4-9-21(15,16)17/h7-8,11-12H,4-6,9-10H2,1-3H3,(H,15,16,17)/p+1. The first-order valence-electron chi connectivity index (χ1n) is 7.00. The minimum absolute atomic E-state index is 0.0697. The van der Waals surface area contributed by atoms with Gasteiger partial charge in [-0.15, -0.1) is 0 Å². The molecule has 0 aliphatic carbocycles. The van der Waals surface area contributed by atoms with Crippen LogP contribution in [-0.4, -0.2) is 53.8 Å². The summed E-state index contributed by atoms with van der Waals surface area (Å²) < 4.78 is 48.7. The molecule has 10 heteroatoms. The van der Waals surface area contributed by atoms with E-state index in [1.54, 1.807) is 27.5 Å². The third-order valence-electron chi connectivity index (χ3n) is 3.64. The Labute approximate surface area is 132 Å². The summed E-state index contributed by atoms with van der Waals surface area (Å²) in [6.07, 6.45) is 7.20. The summed E-state index contributed by atoms with van der Waals surface area (Å²) in [6.45, 7) is 0. The average molecular weight is 353 g/mol. The lowest BCUT2D eigenvalue weighted by molar-refractivity contribution is -0.722. The zero-order valence-electron chi connectivity index (χ0n) is 13.2. The number of hydrogen-bond donors (Lipinski definition) is 2. The molecule has 8 nitrogen and oxygen atoms in total. The van der Waals surface area contributed by atoms with Gasteiger partial charge < -0.3 is 13.3 Å². The normalized spacial score (nSPS) is 14.2. The molecular weight excluding hydrogens is 328 g/mol. The second kappa shape index (κ2) is 8.75. The van der Waals surface area contributed by atoms with E-state index in [0.717, 1.165) is 6.42 Å². The van der Waals surface area contributed by atoms with Crippen LogP contribution in [0.4, 0.5) is 0 Å². The smallest absolute Gasteiger partial charge is 0.377 e. The van der Waals surface area contributed by atoms with Crippen molar-refractivity contribution in [3.05, 3.63) is 18.7 Å². The fraction of sp³-hybridized carbons (Fsp3) is 0.750. The van der Waals surface area contributed by atoms with Crippen LogP contribution in [0, 0.1) is 0 Å². The van der Waals surface area contributed by atoms with Crippen molar-refractivity contribution in [2.75, 3.05) is 27.1 Å². The summed E-state index contributed by atoms with van der Waals surface area (Å²) >= 11 is 0. The van der Waals surface area contributed by atoms with Crippen LogP contribution in [0.25, 0.3) is 0 Å². The summed E-state index contributed by atoms with van der Waals surface area (Å²) in [4.78, 5) is 2.97. The van der Waals surface area contributed by atoms with E-state index in [1.165, 1.54) is 0 Å². The fourth-order valence-electron chi connectivity index (χ4n) is 2.37. The van der Waals surface area contributed by atoms with E-state index >= 15 is 0 Å². The van der Waals surface area contributed by atoms with Gasteiger partial charge in [-0.05, 0) is 19.3 Å². The van der Waals surface area contributed by atoms with Crippen LogP contribution in [0.3, 0.4) is 0 Å². The van der Waals surface area contributed by atoms with Gasteiger partial charge in [-0.25, -0.2) is 4.57 Å². The summed E-state index contributed by atoms with van der Waals surface area (Å²) in [5.41, 5.74) is 0. The second-order valence-corrected chi connectivity index (χ2v) is 9.64. The van der Waals surface area contributed by atoms with Crippen LogP contribution in [0.1, 0.15) is 25.3 Å². The third-order valence-corrected chi connectivity index (χ3v) is 7.22. The van der Waals surface area contributed by atoms with Crippen molar-refractivity contribution in [2.45, 2.75) is 31.3 Å². The molecule has 0 saturated heterocycles. The molecule has 2 N–H and O–H groups in total. The Kier molecular flexibility index (Phi) is 7.66. The first-order chi connectivity index (χ1) is 10.4. The van der Waals surface area contributed by atoms with E-state index in [1.807, 2.05) is 17.1 Å². The van der Waals surface area contributed by atoms with E-state index in [4.69, 9.17) is 17.8 Å². The molecule has 1 rings (SSSR count). The monoisotopic (exact) mass is 353 g/mol. The summed E-state index contributed by atoms with van der Waals surface area (Å²) in [7, 11) is -1.89. The molecule has 0 spiro atoms. The minimum Gasteiger partial charge on any atom is -0.377 e. The number of H-pyrrole nitrogens is 1. The number of rotatable bonds is 11. The molecule has 128 valence electrons. The van der Waals surface area contributed by atoms with E-state index in [-0.39, 0.29) is 11.8 Å². The molecule has 0 aliphatic rings. The maximum atomic E-state index is 10.8. The van der Waals surface area contributed by atoms with Crippen molar-refractivity contribution in [1.29, 1.82) is 0 Å².